The first-order valence-corrected chi connectivity index (χ1v) is 5.00. The topological polar surface area (TPSA) is 37.9 Å². The fraction of sp³-hybridized carbons (Fsp3) is 0.700. The van der Waals surface area contributed by atoms with Gasteiger partial charge in [-0.3, -0.25) is 0 Å². The number of rotatable bonds is 6. The van der Waals surface area contributed by atoms with Crippen LogP contribution < -0.4 is 0 Å². The molecular formula is C10H16N2O. The highest BCUT2D eigenvalue weighted by Crippen LogP contribution is 2.28. The van der Waals surface area contributed by atoms with Gasteiger partial charge in [0.2, 0.25) is 0 Å². The van der Waals surface area contributed by atoms with E-state index in [9.17, 15) is 0 Å². The van der Waals surface area contributed by atoms with Crippen LogP contribution in [0.25, 0.3) is 0 Å². The Kier molecular flexibility index (Phi) is 2.98. The van der Waals surface area contributed by atoms with Gasteiger partial charge in [0, 0.05) is 19.4 Å². The van der Waals surface area contributed by atoms with Crippen molar-refractivity contribution in [3.05, 3.63) is 18.2 Å². The van der Waals surface area contributed by atoms with E-state index in [1.165, 1.54) is 12.8 Å². The molecule has 0 radical (unpaired) electrons. The molecular weight excluding hydrogens is 164 g/mol. The molecule has 1 aliphatic carbocycles. The van der Waals surface area contributed by atoms with Crippen molar-refractivity contribution in [2.24, 2.45) is 5.92 Å². The first kappa shape index (κ1) is 8.75. The number of nitrogens with zero attached hydrogens (tertiary/aromatic N) is 1. The number of aromatic amines is 1. The molecule has 0 aliphatic heterocycles. The van der Waals surface area contributed by atoms with Gasteiger partial charge in [0.25, 0.3) is 0 Å². The molecule has 1 fully saturated rings. The molecule has 0 bridgehead atoms. The Balaban J connectivity index is 1.48. The van der Waals surface area contributed by atoms with Crippen LogP contribution in [0.3, 0.4) is 0 Å². The summed E-state index contributed by atoms with van der Waals surface area (Å²) < 4.78 is 5.52. The third kappa shape index (κ3) is 3.19. The van der Waals surface area contributed by atoms with Gasteiger partial charge >= 0.3 is 0 Å². The maximum Gasteiger partial charge on any atom is 0.0923 e. The highest BCUT2D eigenvalue weighted by atomic mass is 16.5. The van der Waals surface area contributed by atoms with Crippen molar-refractivity contribution in [2.45, 2.75) is 25.7 Å². The minimum atomic E-state index is 0.878. The molecule has 0 unspecified atom stereocenters. The summed E-state index contributed by atoms with van der Waals surface area (Å²) in [4.78, 5) is 7.10. The third-order valence-corrected chi connectivity index (χ3v) is 2.33. The molecule has 1 N–H and O–H groups in total. The molecule has 3 nitrogen and oxygen atoms in total. The van der Waals surface area contributed by atoms with Gasteiger partial charge in [-0.05, 0) is 31.6 Å². The molecule has 0 atom stereocenters. The monoisotopic (exact) mass is 180 g/mol. The highest BCUT2D eigenvalue weighted by Gasteiger charge is 2.20. The Labute approximate surface area is 78.5 Å². The number of aromatic nitrogens is 2. The summed E-state index contributed by atoms with van der Waals surface area (Å²) in [5, 5.41) is 0. The van der Waals surface area contributed by atoms with E-state index in [2.05, 4.69) is 9.97 Å². The van der Waals surface area contributed by atoms with Crippen LogP contribution >= 0.6 is 0 Å². The average molecular weight is 180 g/mol. The van der Waals surface area contributed by atoms with E-state index in [0.717, 1.165) is 37.7 Å². The highest BCUT2D eigenvalue weighted by molar-refractivity contribution is 4.93. The van der Waals surface area contributed by atoms with E-state index in [1.807, 2.05) is 6.20 Å². The minimum absolute atomic E-state index is 0.878. The van der Waals surface area contributed by atoms with Gasteiger partial charge in [0.15, 0.2) is 0 Å². The summed E-state index contributed by atoms with van der Waals surface area (Å²) in [5.41, 5.74) is 1.13. The summed E-state index contributed by atoms with van der Waals surface area (Å²) in [6.07, 6.45) is 8.52. The zero-order valence-electron chi connectivity index (χ0n) is 7.83. The number of hydrogen-bond acceptors (Lipinski definition) is 2. The number of ether oxygens (including phenoxy) is 1. The van der Waals surface area contributed by atoms with Gasteiger partial charge in [0.1, 0.15) is 0 Å². The fourth-order valence-electron chi connectivity index (χ4n) is 1.32. The van der Waals surface area contributed by atoms with Gasteiger partial charge in [-0.25, -0.2) is 4.98 Å². The summed E-state index contributed by atoms with van der Waals surface area (Å²) >= 11 is 0. The second kappa shape index (κ2) is 4.42. The Hall–Kier alpha value is -0.830. The van der Waals surface area contributed by atoms with Crippen molar-refractivity contribution in [2.75, 3.05) is 13.2 Å². The fourth-order valence-corrected chi connectivity index (χ4v) is 1.32. The molecule has 1 aromatic heterocycles. The van der Waals surface area contributed by atoms with Gasteiger partial charge < -0.3 is 9.72 Å². The maximum atomic E-state index is 5.52. The molecule has 0 spiro atoms. The second-order valence-electron chi connectivity index (χ2n) is 3.68. The second-order valence-corrected chi connectivity index (χ2v) is 3.68. The lowest BCUT2D eigenvalue weighted by atomic mass is 10.2. The Bertz CT molecular complexity index is 229. The zero-order chi connectivity index (χ0) is 8.93. The van der Waals surface area contributed by atoms with Gasteiger partial charge in [0.05, 0.1) is 12.0 Å². The molecule has 1 saturated carbocycles. The largest absolute Gasteiger partial charge is 0.381 e. The van der Waals surface area contributed by atoms with Crippen LogP contribution in [0.5, 0.6) is 0 Å². The molecule has 0 saturated heterocycles. The van der Waals surface area contributed by atoms with Crippen LogP contribution in [0, 0.1) is 5.92 Å². The van der Waals surface area contributed by atoms with Crippen molar-refractivity contribution in [1.82, 2.24) is 9.97 Å². The number of aryl methyl sites for hydroxylation is 1. The molecule has 72 valence electrons. The molecule has 3 heteroatoms. The van der Waals surface area contributed by atoms with Crippen LogP contribution in [0.1, 0.15) is 25.0 Å². The van der Waals surface area contributed by atoms with E-state index in [-0.39, 0.29) is 0 Å². The smallest absolute Gasteiger partial charge is 0.0923 e. The average Bonchev–Trinajstić information content (AvgIpc) is 2.81. The van der Waals surface area contributed by atoms with E-state index >= 15 is 0 Å². The molecule has 2 rings (SSSR count). The molecule has 13 heavy (non-hydrogen) atoms. The predicted molar refractivity (Wildman–Crippen MR) is 50.5 cm³/mol. The first-order valence-electron chi connectivity index (χ1n) is 5.00. The summed E-state index contributed by atoms with van der Waals surface area (Å²) in [6.45, 7) is 1.85. The predicted octanol–water partition coefficient (Wildman–Crippen LogP) is 1.77. The number of hydrogen-bond donors (Lipinski definition) is 1. The Morgan fingerprint density at radius 3 is 3.15 bits per heavy atom. The van der Waals surface area contributed by atoms with E-state index in [1.54, 1.807) is 6.33 Å². The van der Waals surface area contributed by atoms with E-state index < -0.39 is 0 Å². The minimum Gasteiger partial charge on any atom is -0.381 e. The molecule has 0 amide bonds. The normalized spacial score (nSPS) is 16.3. The van der Waals surface area contributed by atoms with Crippen LogP contribution in [0.15, 0.2) is 12.5 Å². The van der Waals surface area contributed by atoms with E-state index in [4.69, 9.17) is 4.74 Å². The summed E-state index contributed by atoms with van der Waals surface area (Å²) in [5.74, 6) is 0.880. The standard InChI is InChI=1S/C10H16N2O/c1(2-10-6-11-8-12-10)5-13-7-9-3-4-9/h6,8-9H,1-5,7H2,(H,11,12). The van der Waals surface area contributed by atoms with Crippen LogP contribution in [-0.4, -0.2) is 23.2 Å². The van der Waals surface area contributed by atoms with Gasteiger partial charge in [-0.1, -0.05) is 0 Å². The van der Waals surface area contributed by atoms with Crippen molar-refractivity contribution in [1.29, 1.82) is 0 Å². The molecule has 1 aliphatic rings. The Morgan fingerprint density at radius 1 is 1.54 bits per heavy atom. The van der Waals surface area contributed by atoms with Crippen LogP contribution in [-0.2, 0) is 11.2 Å². The molecule has 0 aromatic carbocycles. The van der Waals surface area contributed by atoms with Crippen LogP contribution in [0.4, 0.5) is 0 Å². The summed E-state index contributed by atoms with van der Waals surface area (Å²) in [7, 11) is 0. The van der Waals surface area contributed by atoms with Crippen molar-refractivity contribution < 1.29 is 4.74 Å². The Morgan fingerprint density at radius 2 is 2.46 bits per heavy atom. The quantitative estimate of drug-likeness (QED) is 0.677. The van der Waals surface area contributed by atoms with Gasteiger partial charge in [-0.15, -0.1) is 0 Å². The first-order chi connectivity index (χ1) is 6.45. The van der Waals surface area contributed by atoms with Gasteiger partial charge in [-0.2, -0.15) is 0 Å². The zero-order valence-corrected chi connectivity index (χ0v) is 7.83. The SMILES string of the molecule is c1nc(CCCOCC2CC2)c[nH]1. The molecule has 1 heterocycles. The van der Waals surface area contributed by atoms with E-state index in [0.29, 0.717) is 0 Å². The number of nitrogens with one attached hydrogen (secondary N) is 1. The third-order valence-electron chi connectivity index (χ3n) is 2.33. The summed E-state index contributed by atoms with van der Waals surface area (Å²) in [6, 6.07) is 0. The lowest BCUT2D eigenvalue weighted by Crippen LogP contribution is -1.99. The maximum absolute atomic E-state index is 5.52. The van der Waals surface area contributed by atoms with Crippen molar-refractivity contribution in [3.8, 4) is 0 Å². The van der Waals surface area contributed by atoms with Crippen molar-refractivity contribution in [3.63, 3.8) is 0 Å². The lowest BCUT2D eigenvalue weighted by Gasteiger charge is -2.00. The molecule has 1 aromatic rings. The number of imidazole rings is 1. The lowest BCUT2D eigenvalue weighted by molar-refractivity contribution is 0.122. The van der Waals surface area contributed by atoms with Crippen LogP contribution in [0.2, 0.25) is 0 Å². The van der Waals surface area contributed by atoms with Crippen molar-refractivity contribution >= 4 is 0 Å². The number of H-pyrrole nitrogens is 1.